The number of carbonyl (C=O) groups excluding carboxylic acids is 1. The molecule has 1 aliphatic heterocycles. The number of amides is 1. The van der Waals surface area contributed by atoms with Gasteiger partial charge in [0.2, 0.25) is 0 Å². The van der Waals surface area contributed by atoms with Crippen LogP contribution in [0.2, 0.25) is 0 Å². The summed E-state index contributed by atoms with van der Waals surface area (Å²) < 4.78 is 7.59. The predicted octanol–water partition coefficient (Wildman–Crippen LogP) is 3.11. The molecule has 1 aromatic carbocycles. The average molecular weight is 325 g/mol. The van der Waals surface area contributed by atoms with Gasteiger partial charge in [0.15, 0.2) is 0 Å². The fourth-order valence-corrected chi connectivity index (χ4v) is 3.44. The molecule has 4 rings (SSSR count). The van der Waals surface area contributed by atoms with Crippen molar-refractivity contribution in [2.45, 2.75) is 45.4 Å². The number of nitrogens with zero attached hydrogens (tertiary/aromatic N) is 3. The van der Waals surface area contributed by atoms with Crippen LogP contribution in [-0.2, 0) is 13.2 Å². The zero-order chi connectivity index (χ0) is 16.5. The van der Waals surface area contributed by atoms with Crippen LogP contribution < -0.4 is 4.74 Å². The van der Waals surface area contributed by atoms with Crippen molar-refractivity contribution in [2.24, 2.45) is 5.92 Å². The maximum Gasteiger partial charge on any atom is 0.272 e. The van der Waals surface area contributed by atoms with Gasteiger partial charge in [-0.2, -0.15) is 5.10 Å². The zero-order valence-corrected chi connectivity index (χ0v) is 14.0. The van der Waals surface area contributed by atoms with Crippen LogP contribution in [0.1, 0.15) is 42.4 Å². The Morgan fingerprint density at radius 2 is 2.04 bits per heavy atom. The first-order valence-corrected chi connectivity index (χ1v) is 8.76. The second-order valence-corrected chi connectivity index (χ2v) is 6.91. The summed E-state index contributed by atoms with van der Waals surface area (Å²) in [7, 11) is 0. The third-order valence-corrected chi connectivity index (χ3v) is 5.09. The van der Waals surface area contributed by atoms with E-state index < -0.39 is 0 Å². The molecule has 0 radical (unpaired) electrons. The summed E-state index contributed by atoms with van der Waals surface area (Å²) in [6, 6.07) is 11.8. The van der Waals surface area contributed by atoms with Crippen molar-refractivity contribution in [3.8, 4) is 5.75 Å². The molecule has 2 heterocycles. The summed E-state index contributed by atoms with van der Waals surface area (Å²) in [5.41, 5.74) is 1.50. The summed E-state index contributed by atoms with van der Waals surface area (Å²) in [5, 5.41) is 4.56. The Labute approximate surface area is 142 Å². The van der Waals surface area contributed by atoms with Gasteiger partial charge >= 0.3 is 0 Å². The molecule has 1 aromatic heterocycles. The lowest BCUT2D eigenvalue weighted by Crippen LogP contribution is -2.49. The van der Waals surface area contributed by atoms with E-state index in [-0.39, 0.29) is 11.9 Å². The standard InChI is InChI=1S/C19H23N3O2/c1-14-11-22-18(19(23)21(14)12-15-6-5-7-15)10-16(20-22)13-24-17-8-3-2-4-9-17/h2-4,8-10,14-15H,5-7,11-13H2,1H3. The van der Waals surface area contributed by atoms with Gasteiger partial charge in [0.25, 0.3) is 5.91 Å². The molecule has 5 nitrogen and oxygen atoms in total. The lowest BCUT2D eigenvalue weighted by atomic mass is 9.84. The van der Waals surface area contributed by atoms with Gasteiger partial charge in [0.05, 0.1) is 6.54 Å². The van der Waals surface area contributed by atoms with Crippen molar-refractivity contribution in [2.75, 3.05) is 6.54 Å². The van der Waals surface area contributed by atoms with Crippen LogP contribution in [0.3, 0.4) is 0 Å². The lowest BCUT2D eigenvalue weighted by molar-refractivity contribution is 0.0518. The number of hydrogen-bond donors (Lipinski definition) is 0. The van der Waals surface area contributed by atoms with E-state index >= 15 is 0 Å². The van der Waals surface area contributed by atoms with Crippen LogP contribution in [0.25, 0.3) is 0 Å². The second kappa shape index (κ2) is 6.30. The first kappa shape index (κ1) is 15.2. The molecular weight excluding hydrogens is 302 g/mol. The van der Waals surface area contributed by atoms with E-state index in [4.69, 9.17) is 4.74 Å². The van der Waals surface area contributed by atoms with Crippen LogP contribution in [0.4, 0.5) is 0 Å². The first-order valence-electron chi connectivity index (χ1n) is 8.76. The normalized spacial score (nSPS) is 20.6. The molecule has 1 saturated carbocycles. The molecule has 1 unspecified atom stereocenters. The quantitative estimate of drug-likeness (QED) is 0.848. The monoisotopic (exact) mass is 325 g/mol. The second-order valence-electron chi connectivity index (χ2n) is 6.91. The van der Waals surface area contributed by atoms with Crippen molar-refractivity contribution < 1.29 is 9.53 Å². The molecule has 0 spiro atoms. The van der Waals surface area contributed by atoms with Crippen LogP contribution in [0, 0.1) is 5.92 Å². The Kier molecular flexibility index (Phi) is 4.00. The van der Waals surface area contributed by atoms with E-state index in [0.717, 1.165) is 24.5 Å². The van der Waals surface area contributed by atoms with E-state index in [9.17, 15) is 4.79 Å². The van der Waals surface area contributed by atoms with Crippen molar-refractivity contribution in [3.05, 3.63) is 47.8 Å². The molecule has 126 valence electrons. The van der Waals surface area contributed by atoms with Gasteiger partial charge in [0, 0.05) is 12.6 Å². The number of para-hydroxylation sites is 1. The van der Waals surface area contributed by atoms with Gasteiger partial charge in [-0.15, -0.1) is 0 Å². The molecular formula is C19H23N3O2. The topological polar surface area (TPSA) is 47.4 Å². The number of ether oxygens (including phenoxy) is 1. The smallest absolute Gasteiger partial charge is 0.272 e. The summed E-state index contributed by atoms with van der Waals surface area (Å²) >= 11 is 0. The molecule has 2 aromatic rings. The summed E-state index contributed by atoms with van der Waals surface area (Å²) in [6.07, 6.45) is 3.82. The number of benzene rings is 1. The molecule has 1 fully saturated rings. The van der Waals surface area contributed by atoms with Crippen molar-refractivity contribution in [1.29, 1.82) is 0 Å². The highest BCUT2D eigenvalue weighted by Gasteiger charge is 2.34. The molecule has 2 aliphatic rings. The van der Waals surface area contributed by atoms with Crippen molar-refractivity contribution in [3.63, 3.8) is 0 Å². The molecule has 1 amide bonds. The number of fused-ring (bicyclic) bond motifs is 1. The van der Waals surface area contributed by atoms with Gasteiger partial charge in [-0.1, -0.05) is 24.6 Å². The van der Waals surface area contributed by atoms with E-state index in [2.05, 4.69) is 12.0 Å². The maximum atomic E-state index is 12.8. The molecule has 0 bridgehead atoms. The number of hydrogen-bond acceptors (Lipinski definition) is 3. The van der Waals surface area contributed by atoms with E-state index in [1.165, 1.54) is 19.3 Å². The minimum atomic E-state index is 0.110. The lowest BCUT2D eigenvalue weighted by Gasteiger charge is -2.38. The Balaban J connectivity index is 1.46. The maximum absolute atomic E-state index is 12.8. The third kappa shape index (κ3) is 2.90. The Bertz CT molecular complexity index is 721. The minimum absolute atomic E-state index is 0.110. The van der Waals surface area contributed by atoms with E-state index in [1.54, 1.807) is 0 Å². The summed E-state index contributed by atoms with van der Waals surface area (Å²) in [6.45, 7) is 4.15. The molecule has 0 N–H and O–H groups in total. The molecule has 1 aliphatic carbocycles. The highest BCUT2D eigenvalue weighted by Crippen LogP contribution is 2.29. The Morgan fingerprint density at radius 1 is 1.25 bits per heavy atom. The number of rotatable bonds is 5. The van der Waals surface area contributed by atoms with Gasteiger partial charge in [0.1, 0.15) is 23.7 Å². The van der Waals surface area contributed by atoms with E-state index in [0.29, 0.717) is 18.2 Å². The fourth-order valence-electron chi connectivity index (χ4n) is 3.44. The van der Waals surface area contributed by atoms with E-state index in [1.807, 2.05) is 46.0 Å². The predicted molar refractivity (Wildman–Crippen MR) is 90.8 cm³/mol. The average Bonchev–Trinajstić information content (AvgIpc) is 2.95. The SMILES string of the molecule is CC1Cn2nc(COc3ccccc3)cc2C(=O)N1CC1CCC1. The Morgan fingerprint density at radius 3 is 2.75 bits per heavy atom. The minimum Gasteiger partial charge on any atom is -0.487 e. The van der Waals surface area contributed by atoms with Crippen molar-refractivity contribution >= 4 is 5.91 Å². The van der Waals surface area contributed by atoms with Crippen molar-refractivity contribution in [1.82, 2.24) is 14.7 Å². The zero-order valence-electron chi connectivity index (χ0n) is 14.0. The van der Waals surface area contributed by atoms with Gasteiger partial charge in [-0.25, -0.2) is 0 Å². The van der Waals surface area contributed by atoms with Crippen LogP contribution >= 0.6 is 0 Å². The molecule has 24 heavy (non-hydrogen) atoms. The van der Waals surface area contributed by atoms with Gasteiger partial charge in [-0.05, 0) is 43.9 Å². The molecule has 1 atom stereocenters. The summed E-state index contributed by atoms with van der Waals surface area (Å²) in [4.78, 5) is 14.8. The Hall–Kier alpha value is -2.30. The fraction of sp³-hybridized carbons (Fsp3) is 0.474. The first-order chi connectivity index (χ1) is 11.7. The highest BCUT2D eigenvalue weighted by atomic mass is 16.5. The van der Waals surface area contributed by atoms with Crippen LogP contribution in [-0.4, -0.2) is 33.2 Å². The number of carbonyl (C=O) groups is 1. The summed E-state index contributed by atoms with van der Waals surface area (Å²) in [5.74, 6) is 1.61. The largest absolute Gasteiger partial charge is 0.487 e. The van der Waals surface area contributed by atoms with Gasteiger partial charge in [-0.3, -0.25) is 9.48 Å². The molecule has 0 saturated heterocycles. The highest BCUT2D eigenvalue weighted by molar-refractivity contribution is 5.93. The third-order valence-electron chi connectivity index (χ3n) is 5.09. The van der Waals surface area contributed by atoms with Crippen LogP contribution in [0.5, 0.6) is 5.75 Å². The van der Waals surface area contributed by atoms with Crippen LogP contribution in [0.15, 0.2) is 36.4 Å². The van der Waals surface area contributed by atoms with Gasteiger partial charge < -0.3 is 9.64 Å². The number of aromatic nitrogens is 2. The molecule has 5 heteroatoms.